The molecule has 1 fully saturated rings. The first kappa shape index (κ1) is 20.9. The van der Waals surface area contributed by atoms with Gasteiger partial charge in [0.25, 0.3) is 0 Å². The first-order valence-electron chi connectivity index (χ1n) is 10.2. The standard InChI is InChI=1S/C26H23F2NO2/c1-2-17-3-5-19(6-4-17)25-23(15-16-24(30)18-7-9-20(27)10-8-18)26(31)29(25)22-13-11-21(28)12-14-22/h2-14,23-25,30H,1,15-16H2. The predicted octanol–water partition coefficient (Wildman–Crippen LogP) is 5.83. The van der Waals surface area contributed by atoms with Gasteiger partial charge in [-0.15, -0.1) is 0 Å². The van der Waals surface area contributed by atoms with Crippen LogP contribution in [0.4, 0.5) is 14.5 Å². The van der Waals surface area contributed by atoms with Crippen molar-refractivity contribution in [3.05, 3.63) is 108 Å². The summed E-state index contributed by atoms with van der Waals surface area (Å²) in [6, 6.07) is 19.2. The van der Waals surface area contributed by atoms with Crippen LogP contribution in [0.15, 0.2) is 79.4 Å². The molecule has 0 saturated carbocycles. The van der Waals surface area contributed by atoms with Gasteiger partial charge in [-0.25, -0.2) is 8.78 Å². The maximum Gasteiger partial charge on any atom is 0.233 e. The van der Waals surface area contributed by atoms with Gasteiger partial charge in [0.2, 0.25) is 5.91 Å². The molecule has 5 heteroatoms. The molecule has 1 aliphatic rings. The van der Waals surface area contributed by atoms with Crippen molar-refractivity contribution in [1.29, 1.82) is 0 Å². The van der Waals surface area contributed by atoms with Gasteiger partial charge in [0.1, 0.15) is 11.6 Å². The number of carbonyl (C=O) groups excluding carboxylic acids is 1. The number of nitrogens with zero attached hydrogens (tertiary/aromatic N) is 1. The van der Waals surface area contributed by atoms with E-state index < -0.39 is 6.10 Å². The molecule has 1 heterocycles. The highest BCUT2D eigenvalue weighted by Gasteiger charge is 2.48. The van der Waals surface area contributed by atoms with Crippen LogP contribution >= 0.6 is 0 Å². The van der Waals surface area contributed by atoms with Gasteiger partial charge in [0, 0.05) is 5.69 Å². The fourth-order valence-electron chi connectivity index (χ4n) is 4.12. The number of β-lactam (4-membered cyclic amide) rings is 1. The molecule has 4 rings (SSSR count). The van der Waals surface area contributed by atoms with Crippen LogP contribution < -0.4 is 4.90 Å². The number of rotatable bonds is 7. The Kier molecular flexibility index (Phi) is 5.96. The van der Waals surface area contributed by atoms with Gasteiger partial charge in [-0.2, -0.15) is 0 Å². The summed E-state index contributed by atoms with van der Waals surface area (Å²) in [4.78, 5) is 14.7. The molecule has 3 unspecified atom stereocenters. The Morgan fingerprint density at radius 3 is 2.10 bits per heavy atom. The summed E-state index contributed by atoms with van der Waals surface area (Å²) in [5.41, 5.74) is 3.21. The Bertz CT molecular complexity index is 1060. The number of benzene rings is 3. The van der Waals surface area contributed by atoms with E-state index in [0.29, 0.717) is 24.1 Å². The summed E-state index contributed by atoms with van der Waals surface area (Å²) in [5, 5.41) is 10.5. The van der Waals surface area contributed by atoms with Crippen molar-refractivity contribution in [3.8, 4) is 0 Å². The molecule has 3 aromatic carbocycles. The summed E-state index contributed by atoms with van der Waals surface area (Å²) < 4.78 is 26.5. The first-order valence-corrected chi connectivity index (χ1v) is 10.2. The number of hydrogen-bond donors (Lipinski definition) is 1. The molecule has 1 N–H and O–H groups in total. The van der Waals surface area contributed by atoms with Crippen LogP contribution in [-0.4, -0.2) is 11.0 Å². The quantitative estimate of drug-likeness (QED) is 0.490. The minimum atomic E-state index is -0.780. The van der Waals surface area contributed by atoms with E-state index in [1.165, 1.54) is 24.3 Å². The van der Waals surface area contributed by atoms with E-state index in [1.54, 1.807) is 35.2 Å². The molecule has 3 nitrogen and oxygen atoms in total. The third kappa shape index (κ3) is 4.28. The summed E-state index contributed by atoms with van der Waals surface area (Å²) >= 11 is 0. The van der Waals surface area contributed by atoms with Gasteiger partial charge in [-0.3, -0.25) is 4.79 Å². The van der Waals surface area contributed by atoms with E-state index in [9.17, 15) is 18.7 Å². The highest BCUT2D eigenvalue weighted by Crippen LogP contribution is 2.46. The van der Waals surface area contributed by atoms with Crippen molar-refractivity contribution >= 4 is 17.7 Å². The highest BCUT2D eigenvalue weighted by molar-refractivity contribution is 6.03. The molecular weight excluding hydrogens is 396 g/mol. The Balaban J connectivity index is 1.56. The van der Waals surface area contributed by atoms with Crippen LogP contribution in [0.3, 0.4) is 0 Å². The van der Waals surface area contributed by atoms with Crippen molar-refractivity contribution in [2.75, 3.05) is 4.90 Å². The minimum absolute atomic E-state index is 0.0595. The summed E-state index contributed by atoms with van der Waals surface area (Å²) in [7, 11) is 0. The number of anilines is 1. The second-order valence-electron chi connectivity index (χ2n) is 7.75. The number of aliphatic hydroxyl groups is 1. The summed E-state index contributed by atoms with van der Waals surface area (Å²) in [5.74, 6) is -1.09. The number of amides is 1. The normalized spacial score (nSPS) is 19.1. The van der Waals surface area contributed by atoms with E-state index >= 15 is 0 Å². The van der Waals surface area contributed by atoms with Crippen molar-refractivity contribution < 1.29 is 18.7 Å². The minimum Gasteiger partial charge on any atom is -0.388 e. The lowest BCUT2D eigenvalue weighted by molar-refractivity contribution is -0.131. The lowest BCUT2D eigenvalue weighted by atomic mass is 9.78. The average molecular weight is 419 g/mol. The van der Waals surface area contributed by atoms with Gasteiger partial charge in [0.15, 0.2) is 0 Å². The van der Waals surface area contributed by atoms with E-state index in [2.05, 4.69) is 6.58 Å². The smallest absolute Gasteiger partial charge is 0.233 e. The monoisotopic (exact) mass is 419 g/mol. The molecule has 0 aliphatic carbocycles. The zero-order valence-electron chi connectivity index (χ0n) is 16.9. The maximum absolute atomic E-state index is 13.4. The van der Waals surface area contributed by atoms with E-state index in [0.717, 1.165) is 11.1 Å². The Hall–Kier alpha value is -3.31. The van der Waals surface area contributed by atoms with E-state index in [4.69, 9.17) is 0 Å². The van der Waals surface area contributed by atoms with Crippen LogP contribution in [0.1, 0.15) is 41.7 Å². The lowest BCUT2D eigenvalue weighted by Crippen LogP contribution is -2.55. The third-order valence-electron chi connectivity index (χ3n) is 5.84. The summed E-state index contributed by atoms with van der Waals surface area (Å²) in [6.07, 6.45) is 1.82. The molecule has 0 bridgehead atoms. The molecule has 3 atom stereocenters. The number of halogens is 2. The van der Waals surface area contributed by atoms with Crippen LogP contribution in [0.5, 0.6) is 0 Å². The van der Waals surface area contributed by atoms with Gasteiger partial charge >= 0.3 is 0 Å². The van der Waals surface area contributed by atoms with Gasteiger partial charge in [0.05, 0.1) is 18.1 Å². The van der Waals surface area contributed by atoms with E-state index in [1.807, 2.05) is 24.3 Å². The van der Waals surface area contributed by atoms with Crippen LogP contribution in [0.25, 0.3) is 6.08 Å². The largest absolute Gasteiger partial charge is 0.388 e. The van der Waals surface area contributed by atoms with Crippen LogP contribution in [-0.2, 0) is 4.79 Å². The molecule has 0 spiro atoms. The molecule has 1 amide bonds. The molecule has 1 saturated heterocycles. The Morgan fingerprint density at radius 1 is 0.935 bits per heavy atom. The zero-order valence-corrected chi connectivity index (χ0v) is 16.9. The Morgan fingerprint density at radius 2 is 1.52 bits per heavy atom. The second kappa shape index (κ2) is 8.82. The van der Waals surface area contributed by atoms with Crippen molar-refractivity contribution in [3.63, 3.8) is 0 Å². The fraction of sp³-hybridized carbons (Fsp3) is 0.192. The molecular formula is C26H23F2NO2. The summed E-state index contributed by atoms with van der Waals surface area (Å²) in [6.45, 7) is 3.77. The second-order valence-corrected chi connectivity index (χ2v) is 7.75. The molecule has 0 aromatic heterocycles. The SMILES string of the molecule is C=Cc1ccc(C2C(CCC(O)c3ccc(F)cc3)C(=O)N2c2ccc(F)cc2)cc1. The number of carbonyl (C=O) groups is 1. The van der Waals surface area contributed by atoms with Gasteiger partial charge < -0.3 is 10.0 Å². The number of aliphatic hydroxyl groups excluding tert-OH is 1. The zero-order chi connectivity index (χ0) is 22.0. The maximum atomic E-state index is 13.4. The third-order valence-corrected chi connectivity index (χ3v) is 5.84. The molecule has 31 heavy (non-hydrogen) atoms. The lowest BCUT2D eigenvalue weighted by Gasteiger charge is -2.48. The highest BCUT2D eigenvalue weighted by atomic mass is 19.1. The first-order chi connectivity index (χ1) is 15.0. The van der Waals surface area contributed by atoms with Crippen molar-refractivity contribution in [2.24, 2.45) is 5.92 Å². The number of hydrogen-bond acceptors (Lipinski definition) is 2. The molecule has 3 aromatic rings. The predicted molar refractivity (Wildman–Crippen MR) is 117 cm³/mol. The van der Waals surface area contributed by atoms with Gasteiger partial charge in [-0.05, 0) is 65.9 Å². The van der Waals surface area contributed by atoms with E-state index in [-0.39, 0.29) is 29.5 Å². The van der Waals surface area contributed by atoms with Crippen LogP contribution in [0, 0.1) is 17.6 Å². The van der Waals surface area contributed by atoms with Gasteiger partial charge in [-0.1, -0.05) is 49.1 Å². The van der Waals surface area contributed by atoms with Crippen LogP contribution in [0.2, 0.25) is 0 Å². The average Bonchev–Trinajstić information content (AvgIpc) is 2.79. The molecule has 158 valence electrons. The fourth-order valence-corrected chi connectivity index (χ4v) is 4.12. The molecule has 1 aliphatic heterocycles. The Labute approximate surface area is 180 Å². The molecule has 0 radical (unpaired) electrons. The topological polar surface area (TPSA) is 40.5 Å². The van der Waals surface area contributed by atoms with Crippen molar-refractivity contribution in [1.82, 2.24) is 0 Å². The van der Waals surface area contributed by atoms with Crippen molar-refractivity contribution in [2.45, 2.75) is 25.0 Å².